The van der Waals surface area contributed by atoms with Crippen LogP contribution in [0.15, 0.2) is 54.6 Å². The van der Waals surface area contributed by atoms with Crippen molar-refractivity contribution in [2.75, 3.05) is 19.7 Å². The molecule has 8 heteroatoms. The lowest BCUT2D eigenvalue weighted by atomic mass is 9.93. The molecule has 1 saturated heterocycles. The summed E-state index contributed by atoms with van der Waals surface area (Å²) in [5.41, 5.74) is 0.240. The molecule has 0 radical (unpaired) electrons. The number of likely N-dealkylation sites (tertiary alicyclic amines) is 1. The highest BCUT2D eigenvalue weighted by Crippen LogP contribution is 2.30. The highest BCUT2D eigenvalue weighted by molar-refractivity contribution is 5.84. The van der Waals surface area contributed by atoms with Crippen LogP contribution in [0, 0.1) is 0 Å². The highest BCUT2D eigenvalue weighted by atomic mass is 19.4. The first-order valence-corrected chi connectivity index (χ1v) is 10.7. The van der Waals surface area contributed by atoms with Crippen LogP contribution in [0.2, 0.25) is 0 Å². The molecule has 5 nitrogen and oxygen atoms in total. The van der Waals surface area contributed by atoms with Gasteiger partial charge in [0.2, 0.25) is 5.91 Å². The van der Waals surface area contributed by atoms with Gasteiger partial charge in [0.05, 0.1) is 11.5 Å². The fraction of sp³-hybridized carbons (Fsp3) is 0.417. The number of nitrogens with one attached hydrogen (secondary N) is 1. The topological polar surface area (TPSA) is 58.6 Å². The number of hydrogen-bond donors (Lipinski definition) is 1. The fourth-order valence-corrected chi connectivity index (χ4v) is 3.86. The van der Waals surface area contributed by atoms with Gasteiger partial charge in [0.1, 0.15) is 5.75 Å². The maximum Gasteiger partial charge on any atom is 0.416 e. The van der Waals surface area contributed by atoms with E-state index in [1.54, 1.807) is 0 Å². The van der Waals surface area contributed by atoms with E-state index < -0.39 is 11.7 Å². The van der Waals surface area contributed by atoms with Crippen LogP contribution < -0.4 is 10.1 Å². The number of ether oxygens (including phenoxy) is 1. The summed E-state index contributed by atoms with van der Waals surface area (Å²) in [6, 6.07) is 13.9. The number of alkyl halides is 3. The highest BCUT2D eigenvalue weighted by Gasteiger charge is 2.30. The van der Waals surface area contributed by atoms with E-state index in [2.05, 4.69) is 5.32 Å². The number of nitrogens with zero attached hydrogens (tertiary/aromatic N) is 1. The van der Waals surface area contributed by atoms with Gasteiger partial charge in [0.15, 0.2) is 6.61 Å². The van der Waals surface area contributed by atoms with Crippen LogP contribution in [0.3, 0.4) is 0 Å². The molecule has 0 aliphatic carbocycles. The van der Waals surface area contributed by atoms with Gasteiger partial charge in [-0.05, 0) is 49.1 Å². The van der Waals surface area contributed by atoms with Crippen molar-refractivity contribution in [3.63, 3.8) is 0 Å². The minimum atomic E-state index is -4.41. The molecule has 1 N–H and O–H groups in total. The molecule has 172 valence electrons. The Bertz CT molecular complexity index is 893. The van der Waals surface area contributed by atoms with Crippen molar-refractivity contribution in [3.05, 3.63) is 65.7 Å². The molecule has 2 aromatic rings. The maximum absolute atomic E-state index is 13.0. The molecule has 1 fully saturated rings. The Labute approximate surface area is 185 Å². The molecular formula is C24H27F3N2O3. The monoisotopic (exact) mass is 448 g/mol. The number of hydrogen-bond acceptors (Lipinski definition) is 3. The molecule has 0 saturated carbocycles. The van der Waals surface area contributed by atoms with Crippen LogP contribution in [0.4, 0.5) is 13.2 Å². The molecular weight excluding hydrogens is 421 g/mol. The van der Waals surface area contributed by atoms with Crippen LogP contribution in [0.5, 0.6) is 5.75 Å². The Morgan fingerprint density at radius 1 is 1.06 bits per heavy atom. The Morgan fingerprint density at radius 3 is 2.25 bits per heavy atom. The zero-order valence-electron chi connectivity index (χ0n) is 17.9. The molecule has 3 rings (SSSR count). The van der Waals surface area contributed by atoms with Crippen molar-refractivity contribution in [2.24, 2.45) is 0 Å². The lowest BCUT2D eigenvalue weighted by molar-refractivity contribution is -0.137. The fourth-order valence-electron chi connectivity index (χ4n) is 3.86. The third-order valence-electron chi connectivity index (χ3n) is 5.63. The van der Waals surface area contributed by atoms with Gasteiger partial charge in [0.25, 0.3) is 5.91 Å². The molecule has 2 amide bonds. The van der Waals surface area contributed by atoms with Gasteiger partial charge in [-0.15, -0.1) is 0 Å². The average molecular weight is 448 g/mol. The van der Waals surface area contributed by atoms with E-state index in [0.29, 0.717) is 25.9 Å². The van der Waals surface area contributed by atoms with Gasteiger partial charge >= 0.3 is 6.18 Å². The summed E-state index contributed by atoms with van der Waals surface area (Å²) in [6.07, 6.45) is -2.41. The van der Waals surface area contributed by atoms with E-state index in [4.69, 9.17) is 4.74 Å². The zero-order chi connectivity index (χ0) is 23.1. The number of benzene rings is 2. The van der Waals surface area contributed by atoms with Gasteiger partial charge in [0, 0.05) is 19.1 Å². The smallest absolute Gasteiger partial charge is 0.416 e. The summed E-state index contributed by atoms with van der Waals surface area (Å²) in [5, 5.41) is 2.88. The lowest BCUT2D eigenvalue weighted by Gasteiger charge is -2.34. The largest absolute Gasteiger partial charge is 0.484 e. The predicted molar refractivity (Wildman–Crippen MR) is 114 cm³/mol. The van der Waals surface area contributed by atoms with Crippen molar-refractivity contribution in [2.45, 2.75) is 44.3 Å². The molecule has 1 unspecified atom stereocenters. The summed E-state index contributed by atoms with van der Waals surface area (Å²) < 4.78 is 43.1. The quantitative estimate of drug-likeness (QED) is 0.684. The van der Waals surface area contributed by atoms with E-state index in [1.807, 2.05) is 42.2 Å². The van der Waals surface area contributed by atoms with Gasteiger partial charge < -0.3 is 15.0 Å². The third-order valence-corrected chi connectivity index (χ3v) is 5.63. The first kappa shape index (κ1) is 23.6. The minimum Gasteiger partial charge on any atom is -0.484 e. The molecule has 2 aromatic carbocycles. The molecule has 0 bridgehead atoms. The lowest BCUT2D eigenvalue weighted by Crippen LogP contribution is -2.48. The van der Waals surface area contributed by atoms with E-state index >= 15 is 0 Å². The van der Waals surface area contributed by atoms with Crippen LogP contribution >= 0.6 is 0 Å². The zero-order valence-corrected chi connectivity index (χ0v) is 17.9. The molecule has 1 aliphatic heterocycles. The van der Waals surface area contributed by atoms with Crippen molar-refractivity contribution >= 4 is 11.8 Å². The normalized spacial score (nSPS) is 15.8. The number of carbonyl (C=O) groups excluding carboxylic acids is 2. The molecule has 1 aliphatic rings. The predicted octanol–water partition coefficient (Wildman–Crippen LogP) is 4.39. The molecule has 0 spiro atoms. The Balaban J connectivity index is 1.43. The van der Waals surface area contributed by atoms with Gasteiger partial charge in [-0.2, -0.15) is 13.2 Å². The van der Waals surface area contributed by atoms with E-state index in [9.17, 15) is 22.8 Å². The maximum atomic E-state index is 13.0. The minimum absolute atomic E-state index is 0.0699. The Morgan fingerprint density at radius 2 is 1.69 bits per heavy atom. The average Bonchev–Trinajstić information content (AvgIpc) is 2.79. The summed E-state index contributed by atoms with van der Waals surface area (Å²) in [5.74, 6) is -0.209. The standard InChI is InChI=1S/C24H27F3N2O3/c1-2-21(17-6-4-3-5-7-17)23(31)29-14-12-19(13-15-29)28-22(30)16-32-20-10-8-18(9-11-20)24(25,26)27/h3-11,19,21H,2,12-16H2,1H3,(H,28,30). The van der Waals surface area contributed by atoms with E-state index in [0.717, 1.165) is 24.1 Å². The van der Waals surface area contributed by atoms with E-state index in [-0.39, 0.29) is 36.1 Å². The Kier molecular flexibility index (Phi) is 7.77. The number of piperidine rings is 1. The van der Waals surface area contributed by atoms with Crippen LogP contribution in [-0.2, 0) is 15.8 Å². The Hall–Kier alpha value is -3.03. The van der Waals surface area contributed by atoms with Crippen molar-refractivity contribution < 1.29 is 27.5 Å². The second-order valence-electron chi connectivity index (χ2n) is 7.85. The summed E-state index contributed by atoms with van der Waals surface area (Å²) >= 11 is 0. The number of amides is 2. The number of halogens is 3. The van der Waals surface area contributed by atoms with Gasteiger partial charge in [-0.1, -0.05) is 37.3 Å². The van der Waals surface area contributed by atoms with Crippen molar-refractivity contribution in [1.29, 1.82) is 0 Å². The first-order valence-electron chi connectivity index (χ1n) is 10.7. The van der Waals surface area contributed by atoms with Gasteiger partial charge in [-0.3, -0.25) is 9.59 Å². The molecule has 1 heterocycles. The second-order valence-corrected chi connectivity index (χ2v) is 7.85. The van der Waals surface area contributed by atoms with Crippen LogP contribution in [0.1, 0.15) is 43.2 Å². The SMILES string of the molecule is CCC(C(=O)N1CCC(NC(=O)COc2ccc(C(F)(F)F)cc2)CC1)c1ccccc1. The van der Waals surface area contributed by atoms with Crippen LogP contribution in [-0.4, -0.2) is 42.5 Å². The van der Waals surface area contributed by atoms with Gasteiger partial charge in [-0.25, -0.2) is 0 Å². The first-order chi connectivity index (χ1) is 15.3. The second kappa shape index (κ2) is 10.5. The molecule has 0 aromatic heterocycles. The summed E-state index contributed by atoms with van der Waals surface area (Å²) in [7, 11) is 0. The van der Waals surface area contributed by atoms with Crippen molar-refractivity contribution in [3.8, 4) is 5.75 Å². The summed E-state index contributed by atoms with van der Waals surface area (Å²) in [6.45, 7) is 2.84. The molecule has 1 atom stereocenters. The number of rotatable bonds is 7. The molecule has 32 heavy (non-hydrogen) atoms. The van der Waals surface area contributed by atoms with Crippen LogP contribution in [0.25, 0.3) is 0 Å². The summed E-state index contributed by atoms with van der Waals surface area (Å²) in [4.78, 5) is 27.0. The number of carbonyl (C=O) groups is 2. The van der Waals surface area contributed by atoms with E-state index in [1.165, 1.54) is 12.1 Å². The third kappa shape index (κ3) is 6.24. The van der Waals surface area contributed by atoms with Crippen molar-refractivity contribution in [1.82, 2.24) is 10.2 Å².